The number of H-pyrrole nitrogens is 1. The molecule has 0 bridgehead atoms. The molecule has 2 aromatic heterocycles. The van der Waals surface area contributed by atoms with Crippen molar-refractivity contribution in [1.29, 1.82) is 5.26 Å². The van der Waals surface area contributed by atoms with E-state index in [0.29, 0.717) is 17.8 Å². The van der Waals surface area contributed by atoms with Crippen molar-refractivity contribution >= 4 is 21.6 Å². The predicted octanol–water partition coefficient (Wildman–Crippen LogP) is -0.359. The van der Waals surface area contributed by atoms with Gasteiger partial charge in [0.05, 0.1) is 35.1 Å². The molecule has 29 heavy (non-hydrogen) atoms. The number of nitriles is 1. The lowest BCUT2D eigenvalue weighted by Gasteiger charge is -2.14. The van der Waals surface area contributed by atoms with Crippen LogP contribution < -0.4 is 5.32 Å². The van der Waals surface area contributed by atoms with Gasteiger partial charge in [-0.1, -0.05) is 6.07 Å². The first-order chi connectivity index (χ1) is 13.7. The normalized spacial score (nSPS) is 14.0. The molecule has 8 nitrogen and oxygen atoms in total. The van der Waals surface area contributed by atoms with Gasteiger partial charge < -0.3 is 10.4 Å². The number of benzene rings is 1. The smallest absolute Gasteiger partial charge is 0.271 e. The van der Waals surface area contributed by atoms with E-state index >= 15 is 0 Å². The zero-order chi connectivity index (χ0) is 21.2. The molecule has 1 aromatic carbocycles. The number of carbonyl (C=O) groups is 1. The van der Waals surface area contributed by atoms with E-state index in [4.69, 9.17) is 5.26 Å². The molecule has 3 N–H and O–H groups in total. The largest absolute Gasteiger partial charge is 0.393 e. The first-order valence-electron chi connectivity index (χ1n) is 9.31. The van der Waals surface area contributed by atoms with E-state index in [-0.39, 0.29) is 17.5 Å². The molecule has 146 valence electrons. The molecule has 0 aliphatic carbocycles. The zero-order valence-electron chi connectivity index (χ0n) is 16.9. The second-order valence-electron chi connectivity index (χ2n) is 7.66. The zero-order valence-corrected chi connectivity index (χ0v) is 16.9. The van der Waals surface area contributed by atoms with Gasteiger partial charge in [-0.3, -0.25) is 14.6 Å². The monoisotopic (exact) mass is 388 g/mol. The molecule has 0 saturated heterocycles. The summed E-state index contributed by atoms with van der Waals surface area (Å²) in [6, 6.07) is 11.2. The third-order valence-electron chi connectivity index (χ3n) is 4.59. The molecule has 1 amide bonds. The molecular weight excluding hydrogens is 366 g/mol. The van der Waals surface area contributed by atoms with Crippen LogP contribution in [0.4, 0.5) is 0 Å². The number of nitrogens with zero attached hydrogens (tertiary/aromatic N) is 4. The second kappa shape index (κ2) is 7.97. The summed E-state index contributed by atoms with van der Waals surface area (Å²) in [6.07, 6.45) is 1.85. The Morgan fingerprint density at radius 2 is 2.21 bits per heavy atom. The topological polar surface area (TPSA) is 120 Å². The van der Waals surface area contributed by atoms with Crippen molar-refractivity contribution in [3.63, 3.8) is 0 Å². The fraction of sp³-hybridized carbons (Fsp3) is 0.263. The number of carbonyl (C=O) groups excluding carboxylic acids is 1. The summed E-state index contributed by atoms with van der Waals surface area (Å²) in [5.74, 6) is -0.500. The third kappa shape index (κ3) is 4.76. The van der Waals surface area contributed by atoms with Gasteiger partial charge in [0.15, 0.2) is 7.85 Å². The van der Waals surface area contributed by atoms with Crippen LogP contribution in [-0.2, 0) is 12.0 Å². The first kappa shape index (κ1) is 20.4. The van der Waals surface area contributed by atoms with E-state index in [1.54, 1.807) is 31.6 Å². The van der Waals surface area contributed by atoms with E-state index in [9.17, 15) is 9.90 Å². The van der Waals surface area contributed by atoms with Gasteiger partial charge in [-0.15, -0.1) is 0 Å². The van der Waals surface area contributed by atoms with Crippen molar-refractivity contribution in [1.82, 2.24) is 25.3 Å². The maximum Gasteiger partial charge on any atom is 0.271 e. The quantitative estimate of drug-likeness (QED) is 0.499. The van der Waals surface area contributed by atoms with Gasteiger partial charge in [-0.05, 0) is 43.7 Å². The summed E-state index contributed by atoms with van der Waals surface area (Å²) in [7, 11) is 3.50. The van der Waals surface area contributed by atoms with Crippen LogP contribution in [0.25, 0.3) is 11.3 Å². The Morgan fingerprint density at radius 3 is 2.83 bits per heavy atom. The maximum atomic E-state index is 12.4. The molecule has 2 unspecified atom stereocenters. The van der Waals surface area contributed by atoms with Gasteiger partial charge in [0, 0.05) is 17.7 Å². The van der Waals surface area contributed by atoms with E-state index in [1.165, 1.54) is 0 Å². The molecule has 0 radical (unpaired) electrons. The highest BCUT2D eigenvalue weighted by Crippen LogP contribution is 2.20. The van der Waals surface area contributed by atoms with Crippen molar-refractivity contribution in [2.75, 3.05) is 0 Å². The third-order valence-corrected chi connectivity index (χ3v) is 4.59. The van der Waals surface area contributed by atoms with E-state index in [0.717, 1.165) is 16.8 Å². The molecule has 0 spiro atoms. The number of hydrogen-bond acceptors (Lipinski definition) is 5. The molecule has 2 heterocycles. The standard InChI is InChI=1S/C19H22B2N6O2/c1-11-7-12(3-4-13(11)9-22)14-5-6-27(26-14)10-17(20)23-18(28)15-8-16(25-24-15)19(2,21)29/h3-8,17,29H,10,20-21H2,1-2H3,(H,23,28)(H,24,25). The van der Waals surface area contributed by atoms with Crippen molar-refractivity contribution in [2.45, 2.75) is 31.8 Å². The molecule has 0 fully saturated rings. The molecule has 2 atom stereocenters. The van der Waals surface area contributed by atoms with Gasteiger partial charge in [-0.2, -0.15) is 15.5 Å². The molecular formula is C19H22B2N6O2. The van der Waals surface area contributed by atoms with Crippen LogP contribution in [-0.4, -0.2) is 52.6 Å². The van der Waals surface area contributed by atoms with Crippen molar-refractivity contribution in [3.8, 4) is 17.3 Å². The van der Waals surface area contributed by atoms with Gasteiger partial charge >= 0.3 is 0 Å². The van der Waals surface area contributed by atoms with Gasteiger partial charge in [0.2, 0.25) is 0 Å². The number of rotatable bonds is 6. The Balaban J connectivity index is 1.64. The summed E-state index contributed by atoms with van der Waals surface area (Å²) >= 11 is 0. The molecule has 0 aliphatic rings. The predicted molar refractivity (Wildman–Crippen MR) is 114 cm³/mol. The molecule has 0 aliphatic heterocycles. The molecule has 10 heteroatoms. The van der Waals surface area contributed by atoms with E-state index in [2.05, 4.69) is 26.7 Å². The molecule has 0 saturated carbocycles. The highest BCUT2D eigenvalue weighted by molar-refractivity contribution is 6.14. The van der Waals surface area contributed by atoms with Crippen molar-refractivity contribution in [2.24, 2.45) is 0 Å². The van der Waals surface area contributed by atoms with Gasteiger partial charge in [0.25, 0.3) is 5.91 Å². The van der Waals surface area contributed by atoms with Gasteiger partial charge in [0.1, 0.15) is 13.5 Å². The fourth-order valence-electron chi connectivity index (χ4n) is 2.94. The molecule has 3 rings (SSSR count). The van der Waals surface area contributed by atoms with E-state index < -0.39 is 5.50 Å². The van der Waals surface area contributed by atoms with Crippen LogP contribution >= 0.6 is 0 Å². The lowest BCUT2D eigenvalue weighted by molar-refractivity contribution is 0.0941. The minimum Gasteiger partial charge on any atom is -0.393 e. The second-order valence-corrected chi connectivity index (χ2v) is 7.66. The Morgan fingerprint density at radius 1 is 1.45 bits per heavy atom. The lowest BCUT2D eigenvalue weighted by Crippen LogP contribution is -2.38. The number of aromatic nitrogens is 4. The minimum atomic E-state index is -1.09. The number of aromatic amines is 1. The average Bonchev–Trinajstić information content (AvgIpc) is 3.31. The number of aryl methyl sites for hydroxylation is 1. The first-order valence-corrected chi connectivity index (χ1v) is 9.31. The average molecular weight is 388 g/mol. The number of hydrogen-bond donors (Lipinski definition) is 3. The van der Waals surface area contributed by atoms with E-state index in [1.807, 2.05) is 39.2 Å². The highest BCUT2D eigenvalue weighted by atomic mass is 16.3. The Bertz CT molecular complexity index is 1080. The summed E-state index contributed by atoms with van der Waals surface area (Å²) in [5, 5.41) is 33.1. The maximum absolute atomic E-state index is 12.4. The number of aliphatic hydroxyl groups is 1. The highest BCUT2D eigenvalue weighted by Gasteiger charge is 2.21. The minimum absolute atomic E-state index is 0.180. The van der Waals surface area contributed by atoms with Crippen LogP contribution in [0.5, 0.6) is 0 Å². The van der Waals surface area contributed by atoms with Crippen molar-refractivity contribution in [3.05, 3.63) is 59.0 Å². The molecule has 3 aromatic rings. The van der Waals surface area contributed by atoms with Crippen LogP contribution in [0.3, 0.4) is 0 Å². The van der Waals surface area contributed by atoms with Gasteiger partial charge in [-0.25, -0.2) is 0 Å². The summed E-state index contributed by atoms with van der Waals surface area (Å²) in [5.41, 5.74) is 2.91. The summed E-state index contributed by atoms with van der Waals surface area (Å²) in [6.45, 7) is 4.01. The summed E-state index contributed by atoms with van der Waals surface area (Å²) in [4.78, 5) is 12.4. The number of nitrogens with one attached hydrogen (secondary N) is 2. The van der Waals surface area contributed by atoms with Crippen LogP contribution in [0.15, 0.2) is 36.5 Å². The Labute approximate surface area is 170 Å². The van der Waals surface area contributed by atoms with Crippen LogP contribution in [0, 0.1) is 18.3 Å². The Kier molecular flexibility index (Phi) is 5.61. The lowest BCUT2D eigenvalue weighted by atomic mass is 9.81. The summed E-state index contributed by atoms with van der Waals surface area (Å²) < 4.78 is 1.76. The Hall–Kier alpha value is -3.31. The van der Waals surface area contributed by atoms with Crippen LogP contribution in [0.2, 0.25) is 0 Å². The SMILES string of the molecule is BC(Cn1ccc(-c2ccc(C#N)c(C)c2)n1)NC(=O)c1cc(C(B)(C)O)[nH]n1. The fourth-order valence-corrected chi connectivity index (χ4v) is 2.94. The number of amides is 1. The van der Waals surface area contributed by atoms with Crippen LogP contribution in [0.1, 0.15) is 34.2 Å². The van der Waals surface area contributed by atoms with Crippen molar-refractivity contribution < 1.29 is 9.90 Å².